The van der Waals surface area contributed by atoms with E-state index in [1.165, 1.54) is 13.1 Å². The summed E-state index contributed by atoms with van der Waals surface area (Å²) < 4.78 is 0. The van der Waals surface area contributed by atoms with Gasteiger partial charge in [0.1, 0.15) is 0 Å². The third-order valence-electron chi connectivity index (χ3n) is 3.85. The quantitative estimate of drug-likeness (QED) is 0.559. The van der Waals surface area contributed by atoms with Crippen LogP contribution in [0.25, 0.3) is 0 Å². The van der Waals surface area contributed by atoms with Crippen LogP contribution in [0.5, 0.6) is 0 Å². The molecule has 0 radical (unpaired) electrons. The SMILES string of the molecule is CCN(C)CCN(CCN(C)C)CCN(C)C(C)C. The second kappa shape index (κ2) is 10.6. The van der Waals surface area contributed by atoms with Crippen LogP contribution in [-0.2, 0) is 0 Å². The fourth-order valence-electron chi connectivity index (χ4n) is 1.70. The highest BCUT2D eigenvalue weighted by atomic mass is 15.2. The molecule has 0 aliphatic carbocycles. The second-order valence-electron chi connectivity index (χ2n) is 6.12. The fourth-order valence-corrected chi connectivity index (χ4v) is 1.70. The molecule has 0 aromatic carbocycles. The number of hydrogen-bond acceptors (Lipinski definition) is 4. The van der Waals surface area contributed by atoms with Crippen LogP contribution in [0, 0.1) is 0 Å². The molecule has 0 aliphatic heterocycles. The Morgan fingerprint density at radius 3 is 1.74 bits per heavy atom. The third-order valence-corrected chi connectivity index (χ3v) is 3.85. The van der Waals surface area contributed by atoms with E-state index >= 15 is 0 Å². The Balaban J connectivity index is 4.09. The summed E-state index contributed by atoms with van der Waals surface area (Å²) >= 11 is 0. The molecule has 0 amide bonds. The minimum Gasteiger partial charge on any atom is -0.308 e. The second-order valence-corrected chi connectivity index (χ2v) is 6.12. The number of nitrogens with zero attached hydrogens (tertiary/aromatic N) is 4. The molecule has 0 rings (SSSR count). The van der Waals surface area contributed by atoms with E-state index in [0.29, 0.717) is 6.04 Å². The van der Waals surface area contributed by atoms with Gasteiger partial charge in [-0.25, -0.2) is 0 Å². The van der Waals surface area contributed by atoms with Crippen molar-refractivity contribution in [2.75, 3.05) is 74.0 Å². The lowest BCUT2D eigenvalue weighted by Gasteiger charge is -2.29. The molecule has 0 bridgehead atoms. The lowest BCUT2D eigenvalue weighted by atomic mass is 10.3. The van der Waals surface area contributed by atoms with Gasteiger partial charge in [-0.1, -0.05) is 6.92 Å². The molecule has 0 saturated heterocycles. The summed E-state index contributed by atoms with van der Waals surface area (Å²) in [6, 6.07) is 0.633. The molecule has 0 heterocycles. The first kappa shape index (κ1) is 18.8. The van der Waals surface area contributed by atoms with Crippen LogP contribution in [0.1, 0.15) is 20.8 Å². The van der Waals surface area contributed by atoms with E-state index < -0.39 is 0 Å². The van der Waals surface area contributed by atoms with Gasteiger partial charge < -0.3 is 14.7 Å². The summed E-state index contributed by atoms with van der Waals surface area (Å²) in [5.41, 5.74) is 0. The summed E-state index contributed by atoms with van der Waals surface area (Å²) in [6.45, 7) is 14.8. The van der Waals surface area contributed by atoms with Crippen molar-refractivity contribution in [2.45, 2.75) is 26.8 Å². The van der Waals surface area contributed by atoms with E-state index in [1.54, 1.807) is 0 Å². The van der Waals surface area contributed by atoms with Gasteiger partial charge in [0.15, 0.2) is 0 Å². The van der Waals surface area contributed by atoms with Crippen molar-refractivity contribution in [3.63, 3.8) is 0 Å². The highest BCUT2D eigenvalue weighted by Crippen LogP contribution is 1.97. The van der Waals surface area contributed by atoms with Crippen molar-refractivity contribution >= 4 is 0 Å². The van der Waals surface area contributed by atoms with E-state index in [1.807, 2.05) is 0 Å². The minimum atomic E-state index is 0.633. The summed E-state index contributed by atoms with van der Waals surface area (Å²) in [6.07, 6.45) is 0. The Bertz CT molecular complexity index is 206. The largest absolute Gasteiger partial charge is 0.308 e. The van der Waals surface area contributed by atoms with Gasteiger partial charge in [-0.05, 0) is 48.6 Å². The van der Waals surface area contributed by atoms with Gasteiger partial charge in [0.2, 0.25) is 0 Å². The Morgan fingerprint density at radius 1 is 0.737 bits per heavy atom. The molecular weight excluding hydrogens is 236 g/mol. The predicted octanol–water partition coefficient (Wildman–Crippen LogP) is 1.14. The van der Waals surface area contributed by atoms with Gasteiger partial charge in [-0.15, -0.1) is 0 Å². The molecule has 0 aromatic heterocycles. The standard InChI is InChI=1S/C15H36N4/c1-8-17(6)10-13-19(12-9-16(4)5)14-11-18(7)15(2)3/h15H,8-14H2,1-7H3. The highest BCUT2D eigenvalue weighted by Gasteiger charge is 2.09. The molecule has 0 fully saturated rings. The molecular formula is C15H36N4. The van der Waals surface area contributed by atoms with E-state index in [0.717, 1.165) is 32.7 Å². The smallest absolute Gasteiger partial charge is 0.0110 e. The molecule has 19 heavy (non-hydrogen) atoms. The molecule has 4 heteroatoms. The molecule has 0 N–H and O–H groups in total. The van der Waals surface area contributed by atoms with Gasteiger partial charge in [0.05, 0.1) is 0 Å². The summed E-state index contributed by atoms with van der Waals surface area (Å²) in [7, 11) is 8.71. The number of likely N-dealkylation sites (N-methyl/N-ethyl adjacent to an activating group) is 3. The van der Waals surface area contributed by atoms with Crippen molar-refractivity contribution < 1.29 is 0 Å². The van der Waals surface area contributed by atoms with Crippen LogP contribution in [0.4, 0.5) is 0 Å². The molecule has 0 aliphatic rings. The van der Waals surface area contributed by atoms with Crippen molar-refractivity contribution in [3.8, 4) is 0 Å². The van der Waals surface area contributed by atoms with Crippen molar-refractivity contribution in [1.29, 1.82) is 0 Å². The first-order chi connectivity index (χ1) is 8.86. The summed E-state index contributed by atoms with van der Waals surface area (Å²) in [5, 5.41) is 0. The molecule has 0 aromatic rings. The molecule has 0 saturated carbocycles. The Kier molecular flexibility index (Phi) is 10.5. The normalized spacial score (nSPS) is 12.6. The van der Waals surface area contributed by atoms with Crippen molar-refractivity contribution in [3.05, 3.63) is 0 Å². The molecule has 4 nitrogen and oxygen atoms in total. The number of hydrogen-bond donors (Lipinski definition) is 0. The van der Waals surface area contributed by atoms with Crippen LogP contribution in [0.2, 0.25) is 0 Å². The average molecular weight is 272 g/mol. The Labute approximate surface area is 121 Å². The van der Waals surface area contributed by atoms with E-state index in [-0.39, 0.29) is 0 Å². The van der Waals surface area contributed by atoms with Crippen molar-refractivity contribution in [2.24, 2.45) is 0 Å². The fraction of sp³-hybridized carbons (Fsp3) is 1.00. The third kappa shape index (κ3) is 10.3. The van der Waals surface area contributed by atoms with Gasteiger partial charge in [-0.2, -0.15) is 0 Å². The Morgan fingerprint density at radius 2 is 1.26 bits per heavy atom. The molecule has 116 valence electrons. The molecule has 0 unspecified atom stereocenters. The maximum Gasteiger partial charge on any atom is 0.0110 e. The lowest BCUT2D eigenvalue weighted by molar-refractivity contribution is 0.175. The van der Waals surface area contributed by atoms with Crippen LogP contribution >= 0.6 is 0 Å². The van der Waals surface area contributed by atoms with Crippen LogP contribution in [0.15, 0.2) is 0 Å². The van der Waals surface area contributed by atoms with Crippen molar-refractivity contribution in [1.82, 2.24) is 19.6 Å². The average Bonchev–Trinajstić information content (AvgIpc) is 2.36. The maximum atomic E-state index is 2.59. The summed E-state index contributed by atoms with van der Waals surface area (Å²) in [4.78, 5) is 9.66. The van der Waals surface area contributed by atoms with Crippen LogP contribution < -0.4 is 0 Å². The van der Waals surface area contributed by atoms with Gasteiger partial charge >= 0.3 is 0 Å². The Hall–Kier alpha value is -0.160. The summed E-state index contributed by atoms with van der Waals surface area (Å²) in [5.74, 6) is 0. The lowest BCUT2D eigenvalue weighted by Crippen LogP contribution is -2.42. The topological polar surface area (TPSA) is 13.0 Å². The maximum absolute atomic E-state index is 2.59. The zero-order valence-corrected chi connectivity index (χ0v) is 14.3. The van der Waals surface area contributed by atoms with Gasteiger partial charge in [0.25, 0.3) is 0 Å². The predicted molar refractivity (Wildman–Crippen MR) is 85.9 cm³/mol. The first-order valence-electron chi connectivity index (χ1n) is 7.62. The monoisotopic (exact) mass is 272 g/mol. The highest BCUT2D eigenvalue weighted by molar-refractivity contribution is 4.66. The minimum absolute atomic E-state index is 0.633. The van der Waals surface area contributed by atoms with E-state index in [2.05, 4.69) is 68.6 Å². The van der Waals surface area contributed by atoms with E-state index in [4.69, 9.17) is 0 Å². The van der Waals surface area contributed by atoms with Crippen LogP contribution in [0.3, 0.4) is 0 Å². The zero-order valence-electron chi connectivity index (χ0n) is 14.3. The molecule has 0 atom stereocenters. The molecule has 0 spiro atoms. The first-order valence-corrected chi connectivity index (χ1v) is 7.62. The number of rotatable bonds is 11. The van der Waals surface area contributed by atoms with Crippen LogP contribution in [-0.4, -0.2) is 99.6 Å². The van der Waals surface area contributed by atoms with Gasteiger partial charge in [0, 0.05) is 45.3 Å². The van der Waals surface area contributed by atoms with E-state index in [9.17, 15) is 0 Å². The van der Waals surface area contributed by atoms with Gasteiger partial charge in [-0.3, -0.25) is 4.90 Å². The zero-order chi connectivity index (χ0) is 14.8.